The average Bonchev–Trinajstić information content (AvgIpc) is 2.54. The fourth-order valence-electron chi connectivity index (χ4n) is 2.02. The largest absolute Gasteiger partial charge is 0.491 e. The second-order valence-electron chi connectivity index (χ2n) is 4.66. The number of aliphatic hydroxyl groups is 1. The molecule has 0 unspecified atom stereocenters. The third-order valence-electron chi connectivity index (χ3n) is 3.13. The van der Waals surface area contributed by atoms with Gasteiger partial charge in [0.2, 0.25) is 0 Å². The highest BCUT2D eigenvalue weighted by atomic mass is 16.5. The molecule has 0 saturated heterocycles. The van der Waals surface area contributed by atoms with Crippen molar-refractivity contribution < 1.29 is 14.6 Å². The summed E-state index contributed by atoms with van der Waals surface area (Å²) in [5.74, 6) is 0.835. The summed E-state index contributed by atoms with van der Waals surface area (Å²) in [5.41, 5.74) is 2.97. The van der Waals surface area contributed by atoms with E-state index in [4.69, 9.17) is 9.47 Å². The Morgan fingerprint density at radius 1 is 1.05 bits per heavy atom. The quantitative estimate of drug-likeness (QED) is 0.733. The van der Waals surface area contributed by atoms with Gasteiger partial charge in [-0.2, -0.15) is 0 Å². The third kappa shape index (κ3) is 4.77. The molecule has 2 aromatic carbocycles. The van der Waals surface area contributed by atoms with Crippen molar-refractivity contribution in [2.24, 2.45) is 0 Å². The first kappa shape index (κ1) is 15.4. The first-order chi connectivity index (χ1) is 10.3. The van der Waals surface area contributed by atoms with Crippen molar-refractivity contribution in [1.29, 1.82) is 0 Å². The molecule has 4 nitrogen and oxygen atoms in total. The molecule has 0 amide bonds. The van der Waals surface area contributed by atoms with Crippen LogP contribution in [-0.2, 0) is 17.9 Å². The van der Waals surface area contributed by atoms with Crippen LogP contribution in [-0.4, -0.2) is 25.4 Å². The highest BCUT2D eigenvalue weighted by Crippen LogP contribution is 2.18. The smallest absolute Gasteiger partial charge is 0.119 e. The van der Waals surface area contributed by atoms with E-state index in [0.29, 0.717) is 19.8 Å². The average molecular weight is 287 g/mol. The molecule has 0 aliphatic heterocycles. The number of hydrogen-bond acceptors (Lipinski definition) is 4. The van der Waals surface area contributed by atoms with E-state index in [2.05, 4.69) is 5.32 Å². The van der Waals surface area contributed by atoms with Gasteiger partial charge >= 0.3 is 0 Å². The Labute approximate surface area is 125 Å². The van der Waals surface area contributed by atoms with Crippen molar-refractivity contribution in [2.75, 3.05) is 25.6 Å². The van der Waals surface area contributed by atoms with Gasteiger partial charge in [0.15, 0.2) is 0 Å². The van der Waals surface area contributed by atoms with Gasteiger partial charge in [-0.15, -0.1) is 0 Å². The molecule has 2 rings (SSSR count). The summed E-state index contributed by atoms with van der Waals surface area (Å²) >= 11 is 0. The van der Waals surface area contributed by atoms with Gasteiger partial charge in [-0.05, 0) is 23.8 Å². The number of nitrogens with one attached hydrogen (secondary N) is 1. The van der Waals surface area contributed by atoms with Crippen molar-refractivity contribution in [1.82, 2.24) is 0 Å². The van der Waals surface area contributed by atoms with E-state index < -0.39 is 0 Å². The molecule has 0 saturated carbocycles. The van der Waals surface area contributed by atoms with E-state index in [0.717, 1.165) is 22.6 Å². The number of benzene rings is 2. The standard InChI is InChI=1S/C17H21NO3/c1-20-9-10-21-16-7-4-5-14(11-16)12-18-17-8-3-2-6-15(17)13-19/h2-8,11,18-19H,9-10,12-13H2,1H3. The molecule has 4 heteroatoms. The predicted molar refractivity (Wildman–Crippen MR) is 83.5 cm³/mol. The summed E-state index contributed by atoms with van der Waals surface area (Å²) in [4.78, 5) is 0. The molecule has 0 bridgehead atoms. The van der Waals surface area contributed by atoms with E-state index in [1.165, 1.54) is 0 Å². The van der Waals surface area contributed by atoms with E-state index in [1.807, 2.05) is 48.5 Å². The Morgan fingerprint density at radius 2 is 1.90 bits per heavy atom. The number of hydrogen-bond donors (Lipinski definition) is 2. The third-order valence-corrected chi connectivity index (χ3v) is 3.13. The Balaban J connectivity index is 1.95. The number of aliphatic hydroxyl groups excluding tert-OH is 1. The first-order valence-electron chi connectivity index (χ1n) is 6.97. The van der Waals surface area contributed by atoms with Gasteiger partial charge in [0.1, 0.15) is 12.4 Å². The maximum absolute atomic E-state index is 9.31. The van der Waals surface area contributed by atoms with Crippen LogP contribution < -0.4 is 10.1 Å². The normalized spacial score (nSPS) is 10.4. The maximum atomic E-state index is 9.31. The number of methoxy groups -OCH3 is 1. The van der Waals surface area contributed by atoms with Crippen molar-refractivity contribution in [3.8, 4) is 5.75 Å². The van der Waals surface area contributed by atoms with Gasteiger partial charge in [-0.3, -0.25) is 0 Å². The zero-order valence-corrected chi connectivity index (χ0v) is 12.2. The van der Waals surface area contributed by atoms with Crippen LogP contribution in [0.25, 0.3) is 0 Å². The molecular formula is C17H21NO3. The summed E-state index contributed by atoms with van der Waals surface area (Å²) in [5, 5.41) is 12.6. The minimum atomic E-state index is 0.0311. The van der Waals surface area contributed by atoms with Crippen LogP contribution in [0.2, 0.25) is 0 Å². The number of para-hydroxylation sites is 1. The molecule has 0 aliphatic rings. The predicted octanol–water partition coefficient (Wildman–Crippen LogP) is 2.82. The minimum Gasteiger partial charge on any atom is -0.491 e. The molecule has 0 spiro atoms. The lowest BCUT2D eigenvalue weighted by Gasteiger charge is -2.11. The van der Waals surface area contributed by atoms with Crippen molar-refractivity contribution in [2.45, 2.75) is 13.2 Å². The molecule has 0 aliphatic carbocycles. The molecule has 0 atom stereocenters. The zero-order chi connectivity index (χ0) is 14.9. The van der Waals surface area contributed by atoms with E-state index in [9.17, 15) is 5.11 Å². The highest BCUT2D eigenvalue weighted by molar-refractivity contribution is 5.51. The lowest BCUT2D eigenvalue weighted by molar-refractivity contribution is 0.146. The van der Waals surface area contributed by atoms with Gasteiger partial charge < -0.3 is 19.9 Å². The molecule has 0 radical (unpaired) electrons. The Kier molecular flexibility index (Phi) is 6.06. The molecular weight excluding hydrogens is 266 g/mol. The second-order valence-corrected chi connectivity index (χ2v) is 4.66. The zero-order valence-electron chi connectivity index (χ0n) is 12.2. The fourth-order valence-corrected chi connectivity index (χ4v) is 2.02. The van der Waals surface area contributed by atoms with Crippen LogP contribution in [0.1, 0.15) is 11.1 Å². The molecule has 0 heterocycles. The monoisotopic (exact) mass is 287 g/mol. The summed E-state index contributed by atoms with van der Waals surface area (Å²) in [6, 6.07) is 15.7. The molecule has 2 N–H and O–H groups in total. The van der Waals surface area contributed by atoms with Crippen molar-refractivity contribution in [3.63, 3.8) is 0 Å². The number of ether oxygens (including phenoxy) is 2. The van der Waals surface area contributed by atoms with Crippen LogP contribution in [0.3, 0.4) is 0 Å². The number of rotatable bonds is 8. The Hall–Kier alpha value is -2.04. The first-order valence-corrected chi connectivity index (χ1v) is 6.97. The summed E-state index contributed by atoms with van der Waals surface area (Å²) in [6.45, 7) is 1.83. The van der Waals surface area contributed by atoms with Crippen LogP contribution in [0.4, 0.5) is 5.69 Å². The Morgan fingerprint density at radius 3 is 2.71 bits per heavy atom. The molecule has 112 valence electrons. The van der Waals surface area contributed by atoms with E-state index in [-0.39, 0.29) is 6.61 Å². The van der Waals surface area contributed by atoms with Crippen LogP contribution in [0.5, 0.6) is 5.75 Å². The van der Waals surface area contributed by atoms with Gasteiger partial charge in [-0.1, -0.05) is 30.3 Å². The van der Waals surface area contributed by atoms with Gasteiger partial charge in [0.05, 0.1) is 13.2 Å². The molecule has 0 fully saturated rings. The Bertz CT molecular complexity index is 557. The van der Waals surface area contributed by atoms with Gasteiger partial charge in [0.25, 0.3) is 0 Å². The molecule has 21 heavy (non-hydrogen) atoms. The lowest BCUT2D eigenvalue weighted by Crippen LogP contribution is -2.05. The van der Waals surface area contributed by atoms with Crippen molar-refractivity contribution in [3.05, 3.63) is 59.7 Å². The second kappa shape index (κ2) is 8.29. The van der Waals surface area contributed by atoms with Crippen LogP contribution in [0.15, 0.2) is 48.5 Å². The lowest BCUT2D eigenvalue weighted by atomic mass is 10.1. The summed E-state index contributed by atoms with van der Waals surface area (Å²) < 4.78 is 10.6. The topological polar surface area (TPSA) is 50.7 Å². The van der Waals surface area contributed by atoms with Crippen LogP contribution in [0, 0.1) is 0 Å². The highest BCUT2D eigenvalue weighted by Gasteiger charge is 2.01. The molecule has 0 aromatic heterocycles. The summed E-state index contributed by atoms with van der Waals surface area (Å²) in [6.07, 6.45) is 0. The van der Waals surface area contributed by atoms with Crippen molar-refractivity contribution >= 4 is 5.69 Å². The maximum Gasteiger partial charge on any atom is 0.119 e. The SMILES string of the molecule is COCCOc1cccc(CNc2ccccc2CO)c1. The fraction of sp³-hybridized carbons (Fsp3) is 0.294. The number of anilines is 1. The molecule has 2 aromatic rings. The van der Waals surface area contributed by atoms with E-state index >= 15 is 0 Å². The van der Waals surface area contributed by atoms with E-state index in [1.54, 1.807) is 7.11 Å². The summed E-state index contributed by atoms with van der Waals surface area (Å²) in [7, 11) is 1.66. The van der Waals surface area contributed by atoms with Gasteiger partial charge in [0, 0.05) is 24.9 Å². The minimum absolute atomic E-state index is 0.0311. The van der Waals surface area contributed by atoms with Gasteiger partial charge in [-0.25, -0.2) is 0 Å². The van der Waals surface area contributed by atoms with Crippen LogP contribution >= 0.6 is 0 Å².